The molecule has 1 amide bonds. The third-order valence-corrected chi connectivity index (χ3v) is 5.11. The minimum Gasteiger partial charge on any atom is -0.321 e. The summed E-state index contributed by atoms with van der Waals surface area (Å²) >= 11 is 1.23. The highest BCUT2D eigenvalue weighted by Gasteiger charge is 2.15. The number of aryl methyl sites for hydroxylation is 1. The van der Waals surface area contributed by atoms with Gasteiger partial charge in [-0.25, -0.2) is 4.98 Å². The fourth-order valence-electron chi connectivity index (χ4n) is 2.79. The minimum absolute atomic E-state index is 0.162. The molecule has 1 aromatic carbocycles. The van der Waals surface area contributed by atoms with Gasteiger partial charge in [0.15, 0.2) is 0 Å². The fourth-order valence-corrected chi connectivity index (χ4v) is 3.72. The number of carbonyl (C=O) groups excluding carboxylic acids is 1. The van der Waals surface area contributed by atoms with Gasteiger partial charge in [0.25, 0.3) is 11.5 Å². The summed E-state index contributed by atoms with van der Waals surface area (Å²) in [5.41, 5.74) is 2.28. The van der Waals surface area contributed by atoms with Crippen LogP contribution < -0.4 is 10.9 Å². The van der Waals surface area contributed by atoms with Crippen molar-refractivity contribution in [2.24, 2.45) is 0 Å². The number of rotatable bonds is 3. The molecule has 0 spiro atoms. The summed E-state index contributed by atoms with van der Waals surface area (Å²) in [5.74, 6) is -0.225. The Balaban J connectivity index is 1.76. The lowest BCUT2D eigenvalue weighted by Gasteiger charge is -2.08. The smallest absolute Gasteiger partial charge is 0.266 e. The highest BCUT2D eigenvalue weighted by atomic mass is 32.1. The van der Waals surface area contributed by atoms with Crippen LogP contribution in [0.4, 0.5) is 5.69 Å². The molecule has 25 heavy (non-hydrogen) atoms. The predicted molar refractivity (Wildman–Crippen MR) is 101 cm³/mol. The van der Waals surface area contributed by atoms with Crippen molar-refractivity contribution in [3.63, 3.8) is 0 Å². The number of thiophene rings is 1. The molecule has 0 aliphatic carbocycles. The molecule has 0 aliphatic rings. The Kier molecular flexibility index (Phi) is 3.82. The zero-order chi connectivity index (χ0) is 17.4. The van der Waals surface area contributed by atoms with Crippen LogP contribution in [0.15, 0.2) is 59.5 Å². The molecule has 6 heteroatoms. The molecule has 4 rings (SSSR count). The van der Waals surface area contributed by atoms with E-state index in [2.05, 4.69) is 10.3 Å². The third kappa shape index (κ3) is 2.70. The minimum atomic E-state index is -0.225. The average molecular weight is 349 g/mol. The topological polar surface area (TPSA) is 63.5 Å². The molecule has 1 N–H and O–H groups in total. The Hall–Kier alpha value is -2.99. The number of benzene rings is 1. The number of hydrogen-bond donors (Lipinski definition) is 1. The van der Waals surface area contributed by atoms with E-state index in [1.807, 2.05) is 37.3 Å². The molecule has 0 saturated carbocycles. The number of fused-ring (bicyclic) bond motifs is 2. The van der Waals surface area contributed by atoms with E-state index in [4.69, 9.17) is 0 Å². The van der Waals surface area contributed by atoms with Crippen molar-refractivity contribution < 1.29 is 4.79 Å². The second-order valence-electron chi connectivity index (χ2n) is 5.64. The molecule has 0 radical (unpaired) electrons. The maximum Gasteiger partial charge on any atom is 0.266 e. The van der Waals surface area contributed by atoms with Crippen molar-refractivity contribution in [3.05, 3.63) is 75.5 Å². The first-order valence-corrected chi connectivity index (χ1v) is 8.79. The molecule has 0 unspecified atom stereocenters. The quantitative estimate of drug-likeness (QED) is 0.613. The number of para-hydroxylation sites is 1. The number of pyridine rings is 1. The molecule has 0 bridgehead atoms. The maximum absolute atomic E-state index is 12.6. The lowest BCUT2D eigenvalue weighted by atomic mass is 10.1. The zero-order valence-corrected chi connectivity index (χ0v) is 14.3. The van der Waals surface area contributed by atoms with Gasteiger partial charge in [0.2, 0.25) is 0 Å². The van der Waals surface area contributed by atoms with Crippen molar-refractivity contribution in [2.75, 3.05) is 5.32 Å². The SMILES string of the molecule is CCc1ccccc1NC(=O)c1cc2c(=O)n3ccccc3nc2s1. The van der Waals surface area contributed by atoms with Crippen molar-refractivity contribution >= 4 is 38.8 Å². The summed E-state index contributed by atoms with van der Waals surface area (Å²) < 4.78 is 1.49. The summed E-state index contributed by atoms with van der Waals surface area (Å²) in [6.07, 6.45) is 2.51. The fraction of sp³-hybridized carbons (Fsp3) is 0.105. The summed E-state index contributed by atoms with van der Waals surface area (Å²) in [4.78, 5) is 30.7. The molecule has 0 saturated heterocycles. The molecule has 0 atom stereocenters. The van der Waals surface area contributed by atoms with E-state index in [0.29, 0.717) is 20.7 Å². The van der Waals surface area contributed by atoms with Gasteiger partial charge in [0.05, 0.1) is 10.3 Å². The molecule has 3 aromatic heterocycles. The molecule has 0 fully saturated rings. The Morgan fingerprint density at radius 2 is 2.00 bits per heavy atom. The molecular weight excluding hydrogens is 334 g/mol. The van der Waals surface area contributed by atoms with Crippen LogP contribution in [0, 0.1) is 0 Å². The maximum atomic E-state index is 12.6. The Morgan fingerprint density at radius 3 is 2.84 bits per heavy atom. The number of nitrogens with one attached hydrogen (secondary N) is 1. The van der Waals surface area contributed by atoms with Gasteiger partial charge in [-0.15, -0.1) is 11.3 Å². The van der Waals surface area contributed by atoms with Crippen LogP contribution in [0.2, 0.25) is 0 Å². The van der Waals surface area contributed by atoms with Crippen molar-refractivity contribution in [1.82, 2.24) is 9.38 Å². The summed E-state index contributed by atoms with van der Waals surface area (Å²) in [6, 6.07) is 14.7. The first-order chi connectivity index (χ1) is 12.2. The lowest BCUT2D eigenvalue weighted by Crippen LogP contribution is -2.14. The van der Waals surface area contributed by atoms with Crippen LogP contribution in [0.5, 0.6) is 0 Å². The van der Waals surface area contributed by atoms with Gasteiger partial charge in [0.1, 0.15) is 10.5 Å². The van der Waals surface area contributed by atoms with Gasteiger partial charge in [0, 0.05) is 11.9 Å². The molecule has 5 nitrogen and oxygen atoms in total. The lowest BCUT2D eigenvalue weighted by molar-refractivity contribution is 0.103. The van der Waals surface area contributed by atoms with Gasteiger partial charge in [-0.1, -0.05) is 31.2 Å². The van der Waals surface area contributed by atoms with E-state index in [1.165, 1.54) is 15.7 Å². The summed E-state index contributed by atoms with van der Waals surface area (Å²) in [5, 5.41) is 3.40. The van der Waals surface area contributed by atoms with Gasteiger partial charge < -0.3 is 5.32 Å². The van der Waals surface area contributed by atoms with Gasteiger partial charge in [-0.05, 0) is 36.2 Å². The van der Waals surface area contributed by atoms with Crippen LogP contribution in [0.3, 0.4) is 0 Å². The Bertz CT molecular complexity index is 1160. The number of aromatic nitrogens is 2. The highest BCUT2D eigenvalue weighted by Crippen LogP contribution is 2.24. The number of amides is 1. The molecular formula is C19H15N3O2S. The molecule has 0 aliphatic heterocycles. The van der Waals surface area contributed by atoms with Crippen LogP contribution in [0.25, 0.3) is 15.9 Å². The second kappa shape index (κ2) is 6.14. The zero-order valence-electron chi connectivity index (χ0n) is 13.5. The largest absolute Gasteiger partial charge is 0.321 e. The van der Waals surface area contributed by atoms with E-state index < -0.39 is 0 Å². The highest BCUT2D eigenvalue weighted by molar-refractivity contribution is 7.20. The average Bonchev–Trinajstić information content (AvgIpc) is 3.07. The van der Waals surface area contributed by atoms with Gasteiger partial charge in [-0.3, -0.25) is 14.0 Å². The monoisotopic (exact) mass is 349 g/mol. The van der Waals surface area contributed by atoms with Crippen molar-refractivity contribution in [3.8, 4) is 0 Å². The van der Waals surface area contributed by atoms with E-state index >= 15 is 0 Å². The first kappa shape index (κ1) is 15.5. The summed E-state index contributed by atoms with van der Waals surface area (Å²) in [6.45, 7) is 2.04. The van der Waals surface area contributed by atoms with E-state index in [0.717, 1.165) is 17.7 Å². The van der Waals surface area contributed by atoms with Crippen LogP contribution in [0.1, 0.15) is 22.2 Å². The van der Waals surface area contributed by atoms with Crippen molar-refractivity contribution in [2.45, 2.75) is 13.3 Å². The third-order valence-electron chi connectivity index (χ3n) is 4.09. The van der Waals surface area contributed by atoms with E-state index in [9.17, 15) is 9.59 Å². The van der Waals surface area contributed by atoms with Crippen LogP contribution in [-0.4, -0.2) is 15.3 Å². The van der Waals surface area contributed by atoms with E-state index in [-0.39, 0.29) is 11.5 Å². The molecule has 124 valence electrons. The van der Waals surface area contributed by atoms with Crippen LogP contribution in [-0.2, 0) is 6.42 Å². The standard InChI is InChI=1S/C19H15N3O2S/c1-2-12-7-3-4-8-14(12)20-17(23)15-11-13-18(25-15)21-16-9-5-6-10-22(16)19(13)24/h3-11H,2H2,1H3,(H,20,23). The number of anilines is 1. The summed E-state index contributed by atoms with van der Waals surface area (Å²) in [7, 11) is 0. The molecule has 3 heterocycles. The van der Waals surface area contributed by atoms with Crippen molar-refractivity contribution in [1.29, 1.82) is 0 Å². The normalized spacial score (nSPS) is 11.1. The number of nitrogens with zero attached hydrogens (tertiary/aromatic N) is 2. The molecule has 4 aromatic rings. The predicted octanol–water partition coefficient (Wildman–Crippen LogP) is 3.72. The van der Waals surface area contributed by atoms with Gasteiger partial charge >= 0.3 is 0 Å². The van der Waals surface area contributed by atoms with Crippen LogP contribution >= 0.6 is 11.3 Å². The number of carbonyl (C=O) groups is 1. The number of hydrogen-bond acceptors (Lipinski definition) is 4. The Morgan fingerprint density at radius 1 is 1.20 bits per heavy atom. The van der Waals surface area contributed by atoms with E-state index in [1.54, 1.807) is 24.4 Å². The Labute approximate surface area is 147 Å². The first-order valence-electron chi connectivity index (χ1n) is 7.97. The second-order valence-corrected chi connectivity index (χ2v) is 6.67. The van der Waals surface area contributed by atoms with Gasteiger partial charge in [-0.2, -0.15) is 0 Å².